The zero-order valence-electron chi connectivity index (χ0n) is 57.3. The van der Waals surface area contributed by atoms with Crippen molar-refractivity contribution in [1.29, 1.82) is 0 Å². The molecule has 0 aromatic heterocycles. The Morgan fingerprint density at radius 2 is 0.545 bits per heavy atom. The van der Waals surface area contributed by atoms with Crippen molar-refractivity contribution in [2.75, 3.05) is 39.6 Å². The van der Waals surface area contributed by atoms with Gasteiger partial charge in [-0.25, -0.2) is 9.13 Å². The SMILES string of the molecule is CCC(C)CCCCCCCCC(=O)OC[C@H](COP(=O)(O)OC[C@H](O)COP(=O)(O)OC[C@@H](COC(=O)CCCCCCCCCCCCC(C)C)OC(=O)CCCCCCCCCC(C)C)OC(=O)CCCCCCCCCCCCCCC(C)C. The Kier molecular flexibility index (Phi) is 57.6. The Hall–Kier alpha value is -1.94. The van der Waals surface area contributed by atoms with Gasteiger partial charge in [-0.15, -0.1) is 0 Å². The number of aliphatic hydroxyl groups excluding tert-OH is 1. The third-order valence-electron chi connectivity index (χ3n) is 16.2. The lowest BCUT2D eigenvalue weighted by Crippen LogP contribution is -2.30. The number of carbonyl (C=O) groups is 4. The van der Waals surface area contributed by atoms with Crippen LogP contribution in [0.15, 0.2) is 0 Å². The van der Waals surface area contributed by atoms with Crippen LogP contribution in [0.25, 0.3) is 0 Å². The van der Waals surface area contributed by atoms with E-state index in [1.165, 1.54) is 135 Å². The van der Waals surface area contributed by atoms with Crippen molar-refractivity contribution in [3.8, 4) is 0 Å². The maximum Gasteiger partial charge on any atom is 0.472 e. The molecule has 0 saturated carbocycles. The summed E-state index contributed by atoms with van der Waals surface area (Å²) in [4.78, 5) is 72.5. The van der Waals surface area contributed by atoms with E-state index in [1.54, 1.807) is 0 Å². The summed E-state index contributed by atoms with van der Waals surface area (Å²) in [5, 5.41) is 10.6. The summed E-state index contributed by atoms with van der Waals surface area (Å²) in [5.41, 5.74) is 0. The van der Waals surface area contributed by atoms with Gasteiger partial charge in [-0.3, -0.25) is 37.3 Å². The average molecular weight is 1300 g/mol. The molecule has 3 unspecified atom stereocenters. The third kappa shape index (κ3) is 61.6. The van der Waals surface area contributed by atoms with E-state index >= 15 is 0 Å². The zero-order chi connectivity index (χ0) is 65.4. The molecule has 6 atom stereocenters. The summed E-state index contributed by atoms with van der Waals surface area (Å²) in [5.74, 6) is 0.828. The Labute approximate surface area is 537 Å². The Bertz CT molecular complexity index is 1750. The molecule has 0 aliphatic rings. The van der Waals surface area contributed by atoms with E-state index in [-0.39, 0.29) is 25.7 Å². The minimum Gasteiger partial charge on any atom is -0.462 e. The van der Waals surface area contributed by atoms with Crippen molar-refractivity contribution in [2.24, 2.45) is 23.7 Å². The maximum atomic E-state index is 13.0. The molecule has 0 aliphatic heterocycles. The van der Waals surface area contributed by atoms with Crippen LogP contribution in [-0.4, -0.2) is 96.7 Å². The molecule has 0 amide bonds. The Balaban J connectivity index is 5.24. The Morgan fingerprint density at radius 3 is 0.807 bits per heavy atom. The first-order valence-electron chi connectivity index (χ1n) is 35.7. The molecule has 0 spiro atoms. The molecule has 522 valence electrons. The number of hydrogen-bond donors (Lipinski definition) is 3. The van der Waals surface area contributed by atoms with Crippen LogP contribution in [0.5, 0.6) is 0 Å². The van der Waals surface area contributed by atoms with Gasteiger partial charge in [-0.2, -0.15) is 0 Å². The highest BCUT2D eigenvalue weighted by molar-refractivity contribution is 7.47. The van der Waals surface area contributed by atoms with Crippen LogP contribution in [0.3, 0.4) is 0 Å². The number of unbranched alkanes of at least 4 members (excludes halogenated alkanes) is 31. The lowest BCUT2D eigenvalue weighted by Gasteiger charge is -2.21. The zero-order valence-corrected chi connectivity index (χ0v) is 59.1. The molecule has 0 bridgehead atoms. The summed E-state index contributed by atoms with van der Waals surface area (Å²) in [6.45, 7) is 14.0. The van der Waals surface area contributed by atoms with Crippen molar-refractivity contribution in [2.45, 2.75) is 356 Å². The van der Waals surface area contributed by atoms with E-state index in [1.807, 2.05) is 0 Å². The van der Waals surface area contributed by atoms with Gasteiger partial charge in [0.1, 0.15) is 19.3 Å². The van der Waals surface area contributed by atoms with Crippen LogP contribution in [0.4, 0.5) is 0 Å². The van der Waals surface area contributed by atoms with Crippen molar-refractivity contribution < 1.29 is 80.2 Å². The Morgan fingerprint density at radius 1 is 0.318 bits per heavy atom. The number of hydrogen-bond acceptors (Lipinski definition) is 15. The molecule has 0 rings (SSSR count). The van der Waals surface area contributed by atoms with Crippen LogP contribution < -0.4 is 0 Å². The van der Waals surface area contributed by atoms with Gasteiger partial charge in [-0.1, -0.05) is 287 Å². The second-order valence-corrected chi connectivity index (χ2v) is 29.5. The standard InChI is InChI=1S/C69H134O17P2/c1-9-62(8)48-40-32-27-28-34-42-50-67(72)80-56-65(85-68(73)51-43-35-25-19-13-11-10-12-16-21-29-37-45-59(2)3)58-84-88(77,78)82-54-63(70)53-81-87(75,76)83-57-64(86-69(74)52-44-36-26-20-23-31-39-47-61(6)7)55-79-66(71)49-41-33-24-18-15-14-17-22-30-38-46-60(4)5/h59-65,70H,9-58H2,1-8H3,(H,75,76)(H,77,78)/t62?,63-,64-,65-/m1/s1. The minimum absolute atomic E-state index is 0.103. The summed E-state index contributed by atoms with van der Waals surface area (Å²) in [7, 11) is -9.90. The van der Waals surface area contributed by atoms with E-state index in [9.17, 15) is 43.2 Å². The smallest absolute Gasteiger partial charge is 0.462 e. The predicted octanol–water partition coefficient (Wildman–Crippen LogP) is 19.3. The maximum absolute atomic E-state index is 13.0. The van der Waals surface area contributed by atoms with Gasteiger partial charge in [0.2, 0.25) is 0 Å². The normalized spacial score (nSPS) is 14.6. The fraction of sp³-hybridized carbons (Fsp3) is 0.942. The monoisotopic (exact) mass is 1300 g/mol. The molecule has 0 fully saturated rings. The first-order valence-corrected chi connectivity index (χ1v) is 38.7. The molecule has 17 nitrogen and oxygen atoms in total. The van der Waals surface area contributed by atoms with E-state index < -0.39 is 97.5 Å². The van der Waals surface area contributed by atoms with E-state index in [2.05, 4.69) is 55.4 Å². The summed E-state index contributed by atoms with van der Waals surface area (Å²) < 4.78 is 68.2. The van der Waals surface area contributed by atoms with Crippen molar-refractivity contribution >= 4 is 39.5 Å². The van der Waals surface area contributed by atoms with Gasteiger partial charge in [-0.05, 0) is 49.4 Å². The second-order valence-electron chi connectivity index (χ2n) is 26.6. The summed E-state index contributed by atoms with van der Waals surface area (Å²) in [6.07, 6.45) is 40.4. The second kappa shape index (κ2) is 58.8. The van der Waals surface area contributed by atoms with Gasteiger partial charge >= 0.3 is 39.5 Å². The van der Waals surface area contributed by atoms with Crippen LogP contribution in [0.2, 0.25) is 0 Å². The number of carbonyl (C=O) groups excluding carboxylic acids is 4. The number of phosphoric acid groups is 2. The van der Waals surface area contributed by atoms with Crippen molar-refractivity contribution in [1.82, 2.24) is 0 Å². The topological polar surface area (TPSA) is 237 Å². The van der Waals surface area contributed by atoms with Gasteiger partial charge in [0.15, 0.2) is 12.2 Å². The lowest BCUT2D eigenvalue weighted by atomic mass is 10.00. The largest absolute Gasteiger partial charge is 0.472 e. The quantitative estimate of drug-likeness (QED) is 0.0222. The van der Waals surface area contributed by atoms with Gasteiger partial charge in [0.05, 0.1) is 26.4 Å². The molecule has 0 aromatic rings. The molecule has 0 heterocycles. The molecule has 19 heteroatoms. The van der Waals surface area contributed by atoms with Crippen LogP contribution in [0, 0.1) is 23.7 Å². The van der Waals surface area contributed by atoms with Gasteiger partial charge in [0.25, 0.3) is 0 Å². The first-order chi connectivity index (χ1) is 42.1. The predicted molar refractivity (Wildman–Crippen MR) is 354 cm³/mol. The number of ether oxygens (including phenoxy) is 4. The molecular weight excluding hydrogens is 1160 g/mol. The third-order valence-corrected chi connectivity index (χ3v) is 18.1. The van der Waals surface area contributed by atoms with Crippen LogP contribution >= 0.6 is 15.6 Å². The number of phosphoric ester groups is 2. The number of esters is 4. The molecule has 88 heavy (non-hydrogen) atoms. The van der Waals surface area contributed by atoms with Crippen LogP contribution in [-0.2, 0) is 65.4 Å². The molecule has 0 radical (unpaired) electrons. The molecule has 3 N–H and O–H groups in total. The molecule has 0 aliphatic carbocycles. The van der Waals surface area contributed by atoms with Gasteiger partial charge in [0, 0.05) is 25.7 Å². The molecule has 0 aromatic carbocycles. The van der Waals surface area contributed by atoms with Crippen molar-refractivity contribution in [3.63, 3.8) is 0 Å². The van der Waals surface area contributed by atoms with Crippen molar-refractivity contribution in [3.05, 3.63) is 0 Å². The highest BCUT2D eigenvalue weighted by Gasteiger charge is 2.30. The highest BCUT2D eigenvalue weighted by Crippen LogP contribution is 2.45. The number of rotatable bonds is 66. The number of aliphatic hydroxyl groups is 1. The molecular formula is C69H134O17P2. The first kappa shape index (κ1) is 86.1. The van der Waals surface area contributed by atoms with E-state index in [0.29, 0.717) is 31.6 Å². The molecule has 0 saturated heterocycles. The van der Waals surface area contributed by atoms with Gasteiger partial charge < -0.3 is 33.8 Å². The van der Waals surface area contributed by atoms with E-state index in [4.69, 9.17) is 37.0 Å². The van der Waals surface area contributed by atoms with E-state index in [0.717, 1.165) is 114 Å². The minimum atomic E-state index is -4.95. The highest BCUT2D eigenvalue weighted by atomic mass is 31.2. The van der Waals surface area contributed by atoms with Crippen LogP contribution in [0.1, 0.15) is 338 Å². The summed E-state index contributed by atoms with van der Waals surface area (Å²) in [6, 6.07) is 0. The fourth-order valence-corrected chi connectivity index (χ4v) is 11.9. The fourth-order valence-electron chi connectivity index (χ4n) is 10.3. The lowest BCUT2D eigenvalue weighted by molar-refractivity contribution is -0.161. The summed E-state index contributed by atoms with van der Waals surface area (Å²) >= 11 is 0. The average Bonchev–Trinajstić information content (AvgIpc) is 3.65.